The van der Waals surface area contributed by atoms with Gasteiger partial charge in [-0.15, -0.1) is 0 Å². The zero-order chi connectivity index (χ0) is 14.3. The molecule has 0 spiro atoms. The molecule has 20 heavy (non-hydrogen) atoms. The average Bonchev–Trinajstić information content (AvgIpc) is 2.80. The second-order valence-corrected chi connectivity index (χ2v) is 6.68. The van der Waals surface area contributed by atoms with Crippen molar-refractivity contribution in [1.29, 1.82) is 0 Å². The zero-order valence-electron chi connectivity index (χ0n) is 12.1. The number of aliphatic hydroxyl groups is 1. The van der Waals surface area contributed by atoms with Crippen LogP contribution in [0.3, 0.4) is 0 Å². The maximum atomic E-state index is 9.82. The second-order valence-electron chi connectivity index (χ2n) is 5.67. The van der Waals surface area contributed by atoms with Crippen LogP contribution in [-0.2, 0) is 6.42 Å². The van der Waals surface area contributed by atoms with Crippen LogP contribution < -0.4 is 4.90 Å². The number of aromatic nitrogens is 1. The third kappa shape index (κ3) is 2.34. The molecular formula is C16H20N2OS. The molecule has 1 aromatic heterocycles. The molecule has 106 valence electrons. The molecule has 2 unspecified atom stereocenters. The lowest BCUT2D eigenvalue weighted by Crippen LogP contribution is -2.30. The van der Waals surface area contributed by atoms with Crippen molar-refractivity contribution in [2.45, 2.75) is 33.3 Å². The molecule has 2 heterocycles. The Morgan fingerprint density at radius 3 is 2.85 bits per heavy atom. The first-order valence-corrected chi connectivity index (χ1v) is 7.88. The highest BCUT2D eigenvalue weighted by Crippen LogP contribution is 2.39. The van der Waals surface area contributed by atoms with Gasteiger partial charge in [-0.05, 0) is 37.8 Å². The number of hydrogen-bond acceptors (Lipinski definition) is 4. The van der Waals surface area contributed by atoms with Crippen molar-refractivity contribution in [2.75, 3.05) is 11.4 Å². The SMILES string of the molecule is Cc1nc(N2CC(C)Cc3ccccc32)sc1C(C)O. The molecule has 0 bridgehead atoms. The van der Waals surface area contributed by atoms with Crippen LogP contribution in [-0.4, -0.2) is 16.6 Å². The summed E-state index contributed by atoms with van der Waals surface area (Å²) >= 11 is 1.60. The van der Waals surface area contributed by atoms with Crippen LogP contribution in [0.4, 0.5) is 10.8 Å². The van der Waals surface area contributed by atoms with Crippen molar-refractivity contribution in [3.05, 3.63) is 40.4 Å². The Hall–Kier alpha value is -1.39. The van der Waals surface area contributed by atoms with Gasteiger partial charge in [-0.25, -0.2) is 4.98 Å². The molecule has 3 rings (SSSR count). The van der Waals surface area contributed by atoms with Crippen LogP contribution in [0.15, 0.2) is 24.3 Å². The monoisotopic (exact) mass is 288 g/mol. The number of fused-ring (bicyclic) bond motifs is 1. The summed E-state index contributed by atoms with van der Waals surface area (Å²) in [6.45, 7) is 7.04. The fourth-order valence-electron chi connectivity index (χ4n) is 2.87. The van der Waals surface area contributed by atoms with Gasteiger partial charge in [0.1, 0.15) is 0 Å². The number of aryl methyl sites for hydroxylation is 1. The van der Waals surface area contributed by atoms with Crippen LogP contribution in [0.25, 0.3) is 0 Å². The number of benzene rings is 1. The molecule has 0 fully saturated rings. The van der Waals surface area contributed by atoms with Crippen molar-refractivity contribution < 1.29 is 5.11 Å². The molecule has 2 aromatic rings. The number of rotatable bonds is 2. The lowest BCUT2D eigenvalue weighted by molar-refractivity contribution is 0.202. The summed E-state index contributed by atoms with van der Waals surface area (Å²) in [7, 11) is 0. The molecule has 1 aliphatic rings. The lowest BCUT2D eigenvalue weighted by atomic mass is 9.94. The first-order chi connectivity index (χ1) is 9.56. The van der Waals surface area contributed by atoms with E-state index < -0.39 is 6.10 Å². The maximum Gasteiger partial charge on any atom is 0.190 e. The van der Waals surface area contributed by atoms with E-state index in [-0.39, 0.29) is 0 Å². The van der Waals surface area contributed by atoms with E-state index in [1.165, 1.54) is 11.3 Å². The highest BCUT2D eigenvalue weighted by Gasteiger charge is 2.25. The van der Waals surface area contributed by atoms with Crippen LogP contribution in [0.1, 0.15) is 36.1 Å². The van der Waals surface area contributed by atoms with E-state index in [0.717, 1.165) is 28.7 Å². The van der Waals surface area contributed by atoms with Gasteiger partial charge in [0.15, 0.2) is 5.13 Å². The summed E-state index contributed by atoms with van der Waals surface area (Å²) in [5.41, 5.74) is 3.59. The average molecular weight is 288 g/mol. The van der Waals surface area contributed by atoms with Gasteiger partial charge in [0, 0.05) is 12.2 Å². The van der Waals surface area contributed by atoms with E-state index in [9.17, 15) is 5.11 Å². The number of para-hydroxylation sites is 1. The van der Waals surface area contributed by atoms with Crippen molar-refractivity contribution >= 4 is 22.2 Å². The van der Waals surface area contributed by atoms with Crippen molar-refractivity contribution in [3.8, 4) is 0 Å². The van der Waals surface area contributed by atoms with Gasteiger partial charge in [-0.3, -0.25) is 0 Å². The quantitative estimate of drug-likeness (QED) is 0.912. The summed E-state index contributed by atoms with van der Waals surface area (Å²) in [5, 5.41) is 10.8. The van der Waals surface area contributed by atoms with E-state index >= 15 is 0 Å². The smallest absolute Gasteiger partial charge is 0.190 e. The van der Waals surface area contributed by atoms with Crippen LogP contribution in [0, 0.1) is 12.8 Å². The Balaban J connectivity index is 2.04. The molecule has 3 nitrogen and oxygen atoms in total. The first-order valence-electron chi connectivity index (χ1n) is 7.07. The second kappa shape index (κ2) is 5.19. The third-order valence-electron chi connectivity index (χ3n) is 3.78. The highest BCUT2D eigenvalue weighted by molar-refractivity contribution is 7.15. The molecule has 1 aromatic carbocycles. The zero-order valence-corrected chi connectivity index (χ0v) is 12.9. The normalized spacial score (nSPS) is 19.8. The van der Waals surface area contributed by atoms with Gasteiger partial charge in [-0.1, -0.05) is 36.5 Å². The fourth-order valence-corrected chi connectivity index (χ4v) is 3.90. The highest BCUT2D eigenvalue weighted by atomic mass is 32.1. The largest absolute Gasteiger partial charge is 0.388 e. The molecule has 0 aliphatic carbocycles. The van der Waals surface area contributed by atoms with Gasteiger partial charge in [-0.2, -0.15) is 0 Å². The molecule has 0 amide bonds. The van der Waals surface area contributed by atoms with Crippen molar-refractivity contribution in [3.63, 3.8) is 0 Å². The molecule has 2 atom stereocenters. The Labute approximate surface area is 123 Å². The van der Waals surface area contributed by atoms with E-state index in [4.69, 9.17) is 0 Å². The van der Waals surface area contributed by atoms with Gasteiger partial charge in [0.2, 0.25) is 0 Å². The first kappa shape index (κ1) is 13.6. The summed E-state index contributed by atoms with van der Waals surface area (Å²) in [4.78, 5) is 7.94. The molecule has 1 N–H and O–H groups in total. The topological polar surface area (TPSA) is 36.4 Å². The molecule has 4 heteroatoms. The molecule has 0 radical (unpaired) electrons. The van der Waals surface area contributed by atoms with Gasteiger partial charge >= 0.3 is 0 Å². The number of thiazole rings is 1. The third-order valence-corrected chi connectivity index (χ3v) is 5.13. The van der Waals surface area contributed by atoms with E-state index in [2.05, 4.69) is 41.1 Å². The predicted octanol–water partition coefficient (Wildman–Crippen LogP) is 3.84. The fraction of sp³-hybridized carbons (Fsp3) is 0.438. The summed E-state index contributed by atoms with van der Waals surface area (Å²) in [6, 6.07) is 8.55. The Morgan fingerprint density at radius 1 is 1.40 bits per heavy atom. The standard InChI is InChI=1S/C16H20N2OS/c1-10-8-13-6-4-5-7-14(13)18(9-10)16-17-11(2)15(20-16)12(3)19/h4-7,10,12,19H,8-9H2,1-3H3. The Morgan fingerprint density at radius 2 is 2.15 bits per heavy atom. The Kier molecular flexibility index (Phi) is 3.52. The van der Waals surface area contributed by atoms with Gasteiger partial charge in [0.25, 0.3) is 0 Å². The number of aliphatic hydroxyl groups excluding tert-OH is 1. The van der Waals surface area contributed by atoms with E-state index in [1.807, 2.05) is 6.92 Å². The number of hydrogen-bond donors (Lipinski definition) is 1. The van der Waals surface area contributed by atoms with Crippen LogP contribution in [0.2, 0.25) is 0 Å². The van der Waals surface area contributed by atoms with Gasteiger partial charge < -0.3 is 10.0 Å². The molecular weight excluding hydrogens is 268 g/mol. The minimum absolute atomic E-state index is 0.446. The molecule has 0 saturated heterocycles. The number of anilines is 2. The van der Waals surface area contributed by atoms with Crippen LogP contribution in [0.5, 0.6) is 0 Å². The van der Waals surface area contributed by atoms with E-state index in [0.29, 0.717) is 5.92 Å². The number of nitrogens with zero attached hydrogens (tertiary/aromatic N) is 2. The predicted molar refractivity (Wildman–Crippen MR) is 83.8 cm³/mol. The lowest BCUT2D eigenvalue weighted by Gasteiger charge is -2.32. The van der Waals surface area contributed by atoms with Crippen molar-refractivity contribution in [1.82, 2.24) is 4.98 Å². The summed E-state index contributed by atoms with van der Waals surface area (Å²) in [6.07, 6.45) is 0.680. The molecule has 0 saturated carbocycles. The summed E-state index contributed by atoms with van der Waals surface area (Å²) < 4.78 is 0. The maximum absolute atomic E-state index is 9.82. The van der Waals surface area contributed by atoms with E-state index in [1.54, 1.807) is 18.3 Å². The molecule has 1 aliphatic heterocycles. The van der Waals surface area contributed by atoms with Crippen LogP contribution >= 0.6 is 11.3 Å². The minimum Gasteiger partial charge on any atom is -0.388 e. The van der Waals surface area contributed by atoms with Gasteiger partial charge in [0.05, 0.1) is 16.7 Å². The Bertz CT molecular complexity index is 621. The minimum atomic E-state index is -0.446. The summed E-state index contributed by atoms with van der Waals surface area (Å²) in [5.74, 6) is 0.615. The van der Waals surface area contributed by atoms with Crippen molar-refractivity contribution in [2.24, 2.45) is 5.92 Å².